The van der Waals surface area contributed by atoms with Crippen molar-refractivity contribution in [3.63, 3.8) is 0 Å². The monoisotopic (exact) mass is 401 g/mol. The summed E-state index contributed by atoms with van der Waals surface area (Å²) in [6.45, 7) is -0.956. The summed E-state index contributed by atoms with van der Waals surface area (Å²) in [5.74, 6) is 0.360. The third kappa shape index (κ3) is 5.41. The van der Waals surface area contributed by atoms with E-state index in [-0.39, 0.29) is 5.57 Å². The number of allylic oxidation sites excluding steroid dienone is 1. The Labute approximate surface area is 164 Å². The van der Waals surface area contributed by atoms with E-state index < -0.39 is 12.7 Å². The number of nitrogen functional groups attached to an aromatic ring is 1. The number of rotatable bonds is 6. The van der Waals surface area contributed by atoms with Crippen molar-refractivity contribution in [3.05, 3.63) is 60.2 Å². The number of aliphatic imine (C=N–C) groups is 1. The molecule has 3 aromatic heterocycles. The van der Waals surface area contributed by atoms with Gasteiger partial charge >= 0.3 is 6.18 Å². The van der Waals surface area contributed by atoms with Crippen LogP contribution in [0.15, 0.2) is 53.8 Å². The minimum absolute atomic E-state index is 0.243. The van der Waals surface area contributed by atoms with Crippen LogP contribution in [0.1, 0.15) is 11.4 Å². The number of alkyl halides is 3. The van der Waals surface area contributed by atoms with E-state index in [1.54, 1.807) is 24.4 Å². The molecule has 0 saturated heterocycles. The Kier molecular flexibility index (Phi) is 5.91. The van der Waals surface area contributed by atoms with E-state index in [4.69, 9.17) is 11.5 Å². The van der Waals surface area contributed by atoms with E-state index in [1.807, 2.05) is 18.2 Å². The lowest BCUT2D eigenvalue weighted by atomic mass is 10.2. The van der Waals surface area contributed by atoms with Crippen molar-refractivity contribution in [2.24, 2.45) is 10.7 Å². The van der Waals surface area contributed by atoms with Gasteiger partial charge in [-0.05, 0) is 36.4 Å². The van der Waals surface area contributed by atoms with Crippen LogP contribution < -0.4 is 16.8 Å². The molecule has 3 aromatic rings. The Morgan fingerprint density at radius 3 is 2.69 bits per heavy atom. The molecule has 7 nitrogen and oxygen atoms in total. The van der Waals surface area contributed by atoms with Gasteiger partial charge in [-0.15, -0.1) is 0 Å². The highest BCUT2D eigenvalue weighted by atomic mass is 19.4. The van der Waals surface area contributed by atoms with E-state index in [1.165, 1.54) is 0 Å². The molecule has 0 bridgehead atoms. The highest BCUT2D eigenvalue weighted by Gasteiger charge is 2.26. The second kappa shape index (κ2) is 8.55. The second-order valence-electron chi connectivity index (χ2n) is 6.04. The number of hydrogen-bond donors (Lipinski definition) is 3. The molecule has 3 heterocycles. The van der Waals surface area contributed by atoms with Crippen molar-refractivity contribution in [3.8, 4) is 0 Å². The molecule has 3 rings (SSSR count). The predicted molar refractivity (Wildman–Crippen MR) is 107 cm³/mol. The molecule has 0 amide bonds. The molecular weight excluding hydrogens is 383 g/mol. The molecule has 0 aliphatic rings. The molecule has 29 heavy (non-hydrogen) atoms. The van der Waals surface area contributed by atoms with Gasteiger partial charge < -0.3 is 16.8 Å². The number of aromatic nitrogens is 3. The molecule has 0 fully saturated rings. The van der Waals surface area contributed by atoms with Crippen molar-refractivity contribution in [1.29, 1.82) is 0 Å². The van der Waals surface area contributed by atoms with Crippen LogP contribution in [0.2, 0.25) is 0 Å². The summed E-state index contributed by atoms with van der Waals surface area (Å²) in [7, 11) is 0. The van der Waals surface area contributed by atoms with Crippen LogP contribution in [-0.4, -0.2) is 33.9 Å². The lowest BCUT2D eigenvalue weighted by molar-refractivity contribution is -0.118. The van der Waals surface area contributed by atoms with Crippen LogP contribution in [-0.2, 0) is 6.54 Å². The van der Waals surface area contributed by atoms with Gasteiger partial charge in [-0.25, -0.2) is 9.97 Å². The van der Waals surface area contributed by atoms with Gasteiger partial charge in [-0.3, -0.25) is 9.98 Å². The molecule has 0 aliphatic carbocycles. The molecule has 0 atom stereocenters. The average Bonchev–Trinajstić information content (AvgIpc) is 2.70. The van der Waals surface area contributed by atoms with Crippen LogP contribution in [0, 0.1) is 0 Å². The van der Waals surface area contributed by atoms with Gasteiger partial charge in [-0.2, -0.15) is 13.2 Å². The molecule has 10 heteroatoms. The minimum atomic E-state index is -4.39. The number of nitrogens with two attached hydrogens (primary N) is 2. The quantitative estimate of drug-likeness (QED) is 0.547. The zero-order chi connectivity index (χ0) is 20.9. The van der Waals surface area contributed by atoms with Gasteiger partial charge in [0.25, 0.3) is 0 Å². The molecular formula is C19H18F3N7. The number of anilines is 2. The summed E-state index contributed by atoms with van der Waals surface area (Å²) in [5, 5.41) is 3.08. The van der Waals surface area contributed by atoms with Crippen molar-refractivity contribution in [2.75, 3.05) is 17.6 Å². The summed E-state index contributed by atoms with van der Waals surface area (Å²) in [6, 6.07) is 10.5. The molecule has 150 valence electrons. The third-order valence-corrected chi connectivity index (χ3v) is 3.85. The highest BCUT2D eigenvalue weighted by molar-refractivity contribution is 6.09. The van der Waals surface area contributed by atoms with Gasteiger partial charge in [0.2, 0.25) is 0 Å². The van der Waals surface area contributed by atoms with Crippen LogP contribution in [0.3, 0.4) is 0 Å². The second-order valence-corrected chi connectivity index (χ2v) is 6.04. The number of halogens is 3. The normalized spacial score (nSPS) is 12.6. The number of fused-ring (bicyclic) bond motifs is 1. The number of nitrogens with zero attached hydrogens (tertiary/aromatic N) is 4. The minimum Gasteiger partial charge on any atom is -0.404 e. The number of hydrogen-bond acceptors (Lipinski definition) is 7. The third-order valence-electron chi connectivity index (χ3n) is 3.85. The maximum Gasteiger partial charge on any atom is 0.407 e. The Bertz CT molecular complexity index is 1060. The molecule has 0 aromatic carbocycles. The van der Waals surface area contributed by atoms with Gasteiger partial charge in [0.15, 0.2) is 0 Å². The van der Waals surface area contributed by atoms with E-state index in [2.05, 4.69) is 25.3 Å². The first-order valence-corrected chi connectivity index (χ1v) is 8.55. The molecule has 0 saturated carbocycles. The van der Waals surface area contributed by atoms with Crippen molar-refractivity contribution in [2.45, 2.75) is 12.7 Å². The average molecular weight is 401 g/mol. The lowest BCUT2D eigenvalue weighted by Crippen LogP contribution is -2.12. The summed E-state index contributed by atoms with van der Waals surface area (Å²) in [5.41, 5.74) is 14.7. The van der Waals surface area contributed by atoms with Crippen molar-refractivity contribution < 1.29 is 13.2 Å². The summed E-state index contributed by atoms with van der Waals surface area (Å²) in [6.07, 6.45) is -0.522. The fourth-order valence-electron chi connectivity index (χ4n) is 2.49. The van der Waals surface area contributed by atoms with E-state index in [0.29, 0.717) is 23.7 Å². The lowest BCUT2D eigenvalue weighted by Gasteiger charge is -2.11. The predicted octanol–water partition coefficient (Wildman–Crippen LogP) is 3.15. The molecule has 0 radical (unpaired) electrons. The van der Waals surface area contributed by atoms with Crippen LogP contribution in [0.25, 0.3) is 16.6 Å². The van der Waals surface area contributed by atoms with E-state index in [9.17, 15) is 13.2 Å². The van der Waals surface area contributed by atoms with Gasteiger partial charge in [0.05, 0.1) is 34.7 Å². The van der Waals surface area contributed by atoms with E-state index in [0.717, 1.165) is 29.1 Å². The summed E-state index contributed by atoms with van der Waals surface area (Å²) < 4.78 is 36.8. The zero-order valence-electron chi connectivity index (χ0n) is 15.2. The smallest absolute Gasteiger partial charge is 0.404 e. The Balaban J connectivity index is 1.75. The largest absolute Gasteiger partial charge is 0.407 e. The summed E-state index contributed by atoms with van der Waals surface area (Å²) in [4.78, 5) is 16.4. The van der Waals surface area contributed by atoms with Gasteiger partial charge in [0.1, 0.15) is 12.4 Å². The highest BCUT2D eigenvalue weighted by Crippen LogP contribution is 2.21. The first-order valence-electron chi connectivity index (χ1n) is 8.55. The first kappa shape index (κ1) is 20.1. The van der Waals surface area contributed by atoms with Crippen molar-refractivity contribution >= 4 is 34.3 Å². The molecule has 0 unspecified atom stereocenters. The maximum absolute atomic E-state index is 12.3. The first-order chi connectivity index (χ1) is 13.9. The van der Waals surface area contributed by atoms with Crippen LogP contribution >= 0.6 is 0 Å². The van der Waals surface area contributed by atoms with Gasteiger partial charge in [-0.1, -0.05) is 0 Å². The number of pyridine rings is 3. The summed E-state index contributed by atoms with van der Waals surface area (Å²) >= 11 is 0. The van der Waals surface area contributed by atoms with Crippen molar-refractivity contribution in [1.82, 2.24) is 15.0 Å². The van der Waals surface area contributed by atoms with Crippen LogP contribution in [0.4, 0.5) is 24.7 Å². The Morgan fingerprint density at radius 2 is 1.93 bits per heavy atom. The zero-order valence-corrected chi connectivity index (χ0v) is 15.2. The van der Waals surface area contributed by atoms with E-state index >= 15 is 0 Å². The topological polar surface area (TPSA) is 115 Å². The molecule has 0 aliphatic heterocycles. The maximum atomic E-state index is 12.3. The Morgan fingerprint density at radius 1 is 1.10 bits per heavy atom. The standard InChI is InChI=1S/C19H18F3N7/c20-19(21,22)11-25-9-12(8-23)15-6-4-14(24)18(29-15)27-10-13-3-5-16-17(28-13)2-1-7-26-16/h1-9H,10-11,23-24H2,(H,27,29). The van der Waals surface area contributed by atoms with Crippen LogP contribution in [0.5, 0.6) is 0 Å². The number of nitrogens with one attached hydrogen (secondary N) is 1. The van der Waals surface area contributed by atoms with Gasteiger partial charge in [0, 0.05) is 24.2 Å². The fourth-order valence-corrected chi connectivity index (χ4v) is 2.49. The Hall–Kier alpha value is -3.69. The SMILES string of the molecule is NC=C(C=NCC(F)(F)F)c1ccc(N)c(NCc2ccc3ncccc3n2)n1. The fraction of sp³-hybridized carbons (Fsp3) is 0.158. The molecule has 0 spiro atoms. The molecule has 5 N–H and O–H groups in total.